The summed E-state index contributed by atoms with van der Waals surface area (Å²) in [7, 11) is 0. The molecule has 0 fully saturated rings. The van der Waals surface area contributed by atoms with Gasteiger partial charge < -0.3 is 15.6 Å². The number of allylic oxidation sites excluding steroid dienone is 1. The predicted octanol–water partition coefficient (Wildman–Crippen LogP) is 1.62. The number of para-hydroxylation sites is 1. The monoisotopic (exact) mass is 289 g/mol. The van der Waals surface area contributed by atoms with Crippen LogP contribution in [-0.2, 0) is 16.0 Å². The van der Waals surface area contributed by atoms with Crippen LogP contribution in [-0.4, -0.2) is 23.2 Å². The first-order chi connectivity index (χ1) is 9.21. The Bertz CT molecular complexity index is 552. The zero-order chi connectivity index (χ0) is 15.3. The first-order valence-corrected chi connectivity index (χ1v) is 5.27. The second kappa shape index (κ2) is 6.09. The van der Waals surface area contributed by atoms with Gasteiger partial charge in [-0.3, -0.25) is 4.79 Å². The lowest BCUT2D eigenvalue weighted by Gasteiger charge is -2.15. The maximum absolute atomic E-state index is 10.8. The van der Waals surface area contributed by atoms with Crippen molar-refractivity contribution in [2.75, 3.05) is 0 Å². The third kappa shape index (κ3) is 4.30. The third-order valence-corrected chi connectivity index (χ3v) is 2.19. The molecule has 8 heteroatoms. The number of carboxylic acids is 1. The van der Waals surface area contributed by atoms with Crippen LogP contribution in [0.4, 0.5) is 13.2 Å². The average molecular weight is 289 g/mol. The van der Waals surface area contributed by atoms with Gasteiger partial charge in [0.05, 0.1) is 0 Å². The highest BCUT2D eigenvalue weighted by atomic mass is 19.4. The number of benzene rings is 1. The first-order valence-electron chi connectivity index (χ1n) is 5.27. The number of halogens is 3. The SMILES string of the molecule is NC(=O)C1=CCc2ccccc2O1.O=C(O)C(F)(F)F. The quantitative estimate of drug-likeness (QED) is 0.822. The largest absolute Gasteiger partial charge is 0.490 e. The van der Waals surface area contributed by atoms with Crippen LogP contribution in [0.3, 0.4) is 0 Å². The van der Waals surface area contributed by atoms with Crippen LogP contribution >= 0.6 is 0 Å². The molecule has 0 aliphatic carbocycles. The van der Waals surface area contributed by atoms with Crippen molar-refractivity contribution in [3.63, 3.8) is 0 Å². The van der Waals surface area contributed by atoms with Crippen molar-refractivity contribution in [2.24, 2.45) is 5.73 Å². The van der Waals surface area contributed by atoms with Gasteiger partial charge in [0.25, 0.3) is 5.91 Å². The molecule has 20 heavy (non-hydrogen) atoms. The summed E-state index contributed by atoms with van der Waals surface area (Å²) in [5.41, 5.74) is 6.17. The molecular formula is C12H10F3NO4. The van der Waals surface area contributed by atoms with Gasteiger partial charge in [-0.1, -0.05) is 18.2 Å². The minimum Gasteiger partial charge on any atom is -0.475 e. The minimum atomic E-state index is -5.08. The number of carbonyl (C=O) groups excluding carboxylic acids is 1. The zero-order valence-corrected chi connectivity index (χ0v) is 9.98. The van der Waals surface area contributed by atoms with Crippen molar-refractivity contribution in [1.29, 1.82) is 0 Å². The lowest BCUT2D eigenvalue weighted by atomic mass is 10.1. The molecule has 1 aliphatic heterocycles. The Morgan fingerprint density at radius 2 is 1.80 bits per heavy atom. The molecule has 0 bridgehead atoms. The molecule has 0 radical (unpaired) electrons. The van der Waals surface area contributed by atoms with Crippen molar-refractivity contribution in [1.82, 2.24) is 0 Å². The number of rotatable bonds is 1. The maximum Gasteiger partial charge on any atom is 0.490 e. The molecule has 0 aromatic heterocycles. The Morgan fingerprint density at radius 3 is 2.30 bits per heavy atom. The van der Waals surface area contributed by atoms with E-state index in [0.29, 0.717) is 6.42 Å². The highest BCUT2D eigenvalue weighted by Gasteiger charge is 2.38. The molecule has 1 aromatic rings. The van der Waals surface area contributed by atoms with Gasteiger partial charge in [0.1, 0.15) is 5.75 Å². The normalized spacial score (nSPS) is 13.1. The van der Waals surface area contributed by atoms with Gasteiger partial charge in [0.2, 0.25) is 0 Å². The Kier molecular flexibility index (Phi) is 4.73. The van der Waals surface area contributed by atoms with Crippen LogP contribution in [0, 0.1) is 0 Å². The van der Waals surface area contributed by atoms with Gasteiger partial charge in [0.15, 0.2) is 5.76 Å². The van der Waals surface area contributed by atoms with E-state index in [4.69, 9.17) is 20.4 Å². The van der Waals surface area contributed by atoms with Gasteiger partial charge in [-0.2, -0.15) is 13.2 Å². The van der Waals surface area contributed by atoms with E-state index in [0.717, 1.165) is 11.3 Å². The summed E-state index contributed by atoms with van der Waals surface area (Å²) in [4.78, 5) is 19.7. The van der Waals surface area contributed by atoms with E-state index in [1.54, 1.807) is 6.08 Å². The molecular weight excluding hydrogens is 279 g/mol. The fourth-order valence-corrected chi connectivity index (χ4v) is 1.29. The molecule has 0 saturated carbocycles. The minimum absolute atomic E-state index is 0.235. The topological polar surface area (TPSA) is 89.6 Å². The molecule has 3 N–H and O–H groups in total. The van der Waals surface area contributed by atoms with Gasteiger partial charge in [-0.15, -0.1) is 0 Å². The summed E-state index contributed by atoms with van der Waals surface area (Å²) >= 11 is 0. The Hall–Kier alpha value is -2.51. The Morgan fingerprint density at radius 1 is 1.25 bits per heavy atom. The summed E-state index contributed by atoms with van der Waals surface area (Å²) in [5, 5.41) is 7.12. The standard InChI is InChI=1S/C10H9NO2.C2HF3O2/c11-10(12)9-6-5-7-3-1-2-4-8(7)13-9;3-2(4,5)1(6)7/h1-4,6H,5H2,(H2,11,12);(H,6,7). The molecule has 0 unspecified atom stereocenters. The molecule has 108 valence electrons. The fourth-order valence-electron chi connectivity index (χ4n) is 1.29. The van der Waals surface area contributed by atoms with Gasteiger partial charge in [-0.25, -0.2) is 4.79 Å². The average Bonchev–Trinajstić information content (AvgIpc) is 2.37. The highest BCUT2D eigenvalue weighted by molar-refractivity contribution is 5.90. The molecule has 1 heterocycles. The molecule has 2 rings (SSSR count). The summed E-state index contributed by atoms with van der Waals surface area (Å²) in [6, 6.07) is 7.59. The molecule has 1 aliphatic rings. The number of aliphatic carboxylic acids is 1. The van der Waals surface area contributed by atoms with Crippen LogP contribution in [0.5, 0.6) is 5.75 Å². The van der Waals surface area contributed by atoms with Gasteiger partial charge in [-0.05, 0) is 24.1 Å². The van der Waals surface area contributed by atoms with Crippen LogP contribution in [0.2, 0.25) is 0 Å². The summed E-state index contributed by atoms with van der Waals surface area (Å²) in [5.74, 6) is -2.32. The van der Waals surface area contributed by atoms with Gasteiger partial charge >= 0.3 is 12.1 Å². The number of nitrogens with two attached hydrogens (primary N) is 1. The molecule has 1 amide bonds. The van der Waals surface area contributed by atoms with Gasteiger partial charge in [0, 0.05) is 0 Å². The van der Waals surface area contributed by atoms with E-state index in [-0.39, 0.29) is 5.76 Å². The Balaban J connectivity index is 0.000000246. The van der Waals surface area contributed by atoms with Crippen LogP contribution in [0.25, 0.3) is 0 Å². The number of carbonyl (C=O) groups is 2. The zero-order valence-electron chi connectivity index (χ0n) is 9.98. The number of fused-ring (bicyclic) bond motifs is 1. The lowest BCUT2D eigenvalue weighted by Crippen LogP contribution is -2.21. The van der Waals surface area contributed by atoms with E-state index in [1.165, 1.54) is 0 Å². The van der Waals surface area contributed by atoms with E-state index >= 15 is 0 Å². The lowest BCUT2D eigenvalue weighted by molar-refractivity contribution is -0.192. The second-order valence-electron chi connectivity index (χ2n) is 3.65. The van der Waals surface area contributed by atoms with Crippen molar-refractivity contribution < 1.29 is 32.6 Å². The number of primary amides is 1. The van der Waals surface area contributed by atoms with Crippen molar-refractivity contribution in [3.8, 4) is 5.75 Å². The summed E-state index contributed by atoms with van der Waals surface area (Å²) in [6.07, 6.45) is -2.68. The number of hydrogen-bond acceptors (Lipinski definition) is 3. The molecule has 1 aromatic carbocycles. The van der Waals surface area contributed by atoms with Crippen LogP contribution < -0.4 is 10.5 Å². The summed E-state index contributed by atoms with van der Waals surface area (Å²) < 4.78 is 37.0. The smallest absolute Gasteiger partial charge is 0.475 e. The number of ether oxygens (including phenoxy) is 1. The summed E-state index contributed by atoms with van der Waals surface area (Å²) in [6.45, 7) is 0. The second-order valence-corrected chi connectivity index (χ2v) is 3.65. The van der Waals surface area contributed by atoms with Crippen LogP contribution in [0.15, 0.2) is 36.1 Å². The first kappa shape index (κ1) is 15.5. The fraction of sp³-hybridized carbons (Fsp3) is 0.167. The van der Waals surface area contributed by atoms with Crippen molar-refractivity contribution in [2.45, 2.75) is 12.6 Å². The number of amides is 1. The molecule has 5 nitrogen and oxygen atoms in total. The van der Waals surface area contributed by atoms with E-state index in [2.05, 4.69) is 0 Å². The van der Waals surface area contributed by atoms with Crippen LogP contribution in [0.1, 0.15) is 5.56 Å². The predicted molar refractivity (Wildman–Crippen MR) is 61.7 cm³/mol. The van der Waals surface area contributed by atoms with E-state index in [1.807, 2.05) is 24.3 Å². The van der Waals surface area contributed by atoms with Crippen molar-refractivity contribution in [3.05, 3.63) is 41.7 Å². The maximum atomic E-state index is 10.8. The van der Waals surface area contributed by atoms with E-state index < -0.39 is 18.1 Å². The third-order valence-electron chi connectivity index (χ3n) is 2.19. The molecule has 0 spiro atoms. The molecule has 0 atom stereocenters. The number of alkyl halides is 3. The Labute approximate surface area is 111 Å². The van der Waals surface area contributed by atoms with E-state index in [9.17, 15) is 18.0 Å². The van der Waals surface area contributed by atoms with Crippen molar-refractivity contribution >= 4 is 11.9 Å². The highest BCUT2D eigenvalue weighted by Crippen LogP contribution is 2.25. The number of carboxylic acid groups (broad SMARTS) is 1. The molecule has 0 saturated heterocycles. The number of hydrogen-bond donors (Lipinski definition) is 2.